The van der Waals surface area contributed by atoms with Gasteiger partial charge in [-0.3, -0.25) is 4.79 Å². The van der Waals surface area contributed by atoms with Crippen LogP contribution in [-0.4, -0.2) is 59.1 Å². The van der Waals surface area contributed by atoms with Gasteiger partial charge in [0.05, 0.1) is 37.5 Å². The first-order chi connectivity index (χ1) is 19.1. The van der Waals surface area contributed by atoms with Gasteiger partial charge in [0, 0.05) is 11.6 Å². The second-order valence-corrected chi connectivity index (χ2v) is 13.2. The fraction of sp³-hybridized carbons (Fsp3) is 0.286. The van der Waals surface area contributed by atoms with Crippen LogP contribution in [0.3, 0.4) is 0 Å². The van der Waals surface area contributed by atoms with Gasteiger partial charge >= 0.3 is 0 Å². The minimum atomic E-state index is -4.19. The summed E-state index contributed by atoms with van der Waals surface area (Å²) in [5.74, 6) is -0.493. The summed E-state index contributed by atoms with van der Waals surface area (Å²) in [4.78, 5) is 12.8. The number of nitrogens with zero attached hydrogens (tertiary/aromatic N) is 2. The summed E-state index contributed by atoms with van der Waals surface area (Å²) in [6, 6.07) is 13.8. The van der Waals surface area contributed by atoms with E-state index in [9.17, 15) is 21.6 Å². The van der Waals surface area contributed by atoms with Crippen LogP contribution in [0.4, 0.5) is 0 Å². The first kappa shape index (κ1) is 29.1. The third kappa shape index (κ3) is 5.41. The third-order valence-electron chi connectivity index (χ3n) is 6.31. The number of carbonyl (C=O) groups excluding carboxylic acids is 1. The number of nitrogens with one attached hydrogen (secondary N) is 1. The molecule has 0 aliphatic rings. The number of hydrogen-bond donors (Lipinski definition) is 1. The fourth-order valence-electron chi connectivity index (χ4n) is 4.64. The van der Waals surface area contributed by atoms with Crippen LogP contribution < -0.4 is 14.9 Å². The molecule has 0 saturated heterocycles. The van der Waals surface area contributed by atoms with Gasteiger partial charge in [-0.2, -0.15) is 5.10 Å². The zero-order valence-corrected chi connectivity index (χ0v) is 24.3. The van der Waals surface area contributed by atoms with E-state index in [1.165, 1.54) is 31.0 Å². The van der Waals surface area contributed by atoms with Crippen molar-refractivity contribution in [2.75, 3.05) is 25.7 Å². The zero-order valence-electron chi connectivity index (χ0n) is 22.7. The fourth-order valence-corrected chi connectivity index (χ4v) is 8.63. The molecule has 2 heterocycles. The van der Waals surface area contributed by atoms with Crippen molar-refractivity contribution in [3.63, 3.8) is 0 Å². The van der Waals surface area contributed by atoms with E-state index < -0.39 is 30.5 Å². The van der Waals surface area contributed by atoms with E-state index in [0.717, 1.165) is 0 Å². The number of hydrogen-bond acceptors (Lipinski definition) is 8. The molecule has 0 spiro atoms. The van der Waals surface area contributed by atoms with Gasteiger partial charge < -0.3 is 13.9 Å². The minimum Gasteiger partial charge on any atom is -0.493 e. The largest absolute Gasteiger partial charge is 0.493 e. The average Bonchev–Trinajstić information content (AvgIpc) is 3.31. The molecule has 0 atom stereocenters. The van der Waals surface area contributed by atoms with E-state index >= 15 is 0 Å². The molecule has 4 rings (SSSR count). The highest BCUT2D eigenvalue weighted by Gasteiger charge is 2.37. The topological polar surface area (TPSA) is 133 Å². The first-order valence-electron chi connectivity index (χ1n) is 12.7. The molecule has 0 saturated carbocycles. The summed E-state index contributed by atoms with van der Waals surface area (Å²) in [6.07, 6.45) is 3.39. The molecule has 2 aromatic carbocycles. The summed E-state index contributed by atoms with van der Waals surface area (Å²) < 4.78 is 66.4. The maximum atomic E-state index is 13.6. The lowest BCUT2D eigenvalue weighted by molar-refractivity contribution is 0.0945. The SMILES string of the molecule is CCCS(=O)(=O)c1c(S(=O)(=O)CCC)c2c3ccccc3ccn2c1C(=O)N/N=C/c1ccc(OC)c(OC)c1. The van der Waals surface area contributed by atoms with Crippen LogP contribution in [0.5, 0.6) is 11.5 Å². The van der Waals surface area contributed by atoms with Gasteiger partial charge in [-0.1, -0.05) is 38.1 Å². The molecule has 12 heteroatoms. The lowest BCUT2D eigenvalue weighted by atomic mass is 10.1. The molecule has 10 nitrogen and oxygen atoms in total. The highest BCUT2D eigenvalue weighted by Crippen LogP contribution is 2.38. The quantitative estimate of drug-likeness (QED) is 0.206. The Hall–Kier alpha value is -3.90. The lowest BCUT2D eigenvalue weighted by Gasteiger charge is -2.09. The first-order valence-corrected chi connectivity index (χ1v) is 16.0. The number of rotatable bonds is 11. The molecule has 4 aromatic rings. The summed E-state index contributed by atoms with van der Waals surface area (Å²) in [6.45, 7) is 3.38. The number of fused-ring (bicyclic) bond motifs is 3. The number of aromatic nitrogens is 1. The van der Waals surface area contributed by atoms with Crippen LogP contribution >= 0.6 is 0 Å². The summed E-state index contributed by atoms with van der Waals surface area (Å²) >= 11 is 0. The maximum Gasteiger partial charge on any atom is 0.289 e. The smallest absolute Gasteiger partial charge is 0.289 e. The summed E-state index contributed by atoms with van der Waals surface area (Å²) in [5, 5.41) is 5.24. The Balaban J connectivity index is 1.95. The highest BCUT2D eigenvalue weighted by atomic mass is 32.2. The Bertz CT molecular complexity index is 1830. The molecule has 0 aliphatic carbocycles. The van der Waals surface area contributed by atoms with Gasteiger partial charge in [0.2, 0.25) is 0 Å². The van der Waals surface area contributed by atoms with Crippen molar-refractivity contribution in [1.82, 2.24) is 9.83 Å². The normalized spacial score (nSPS) is 12.3. The van der Waals surface area contributed by atoms with E-state index in [1.54, 1.807) is 62.4 Å². The number of benzene rings is 2. The van der Waals surface area contributed by atoms with Crippen LogP contribution in [0, 0.1) is 0 Å². The van der Waals surface area contributed by atoms with Crippen LogP contribution in [0.15, 0.2) is 69.6 Å². The maximum absolute atomic E-state index is 13.6. The standard InChI is InChI=1S/C28H31N3O7S2/c1-5-15-39(33,34)26-24-21-10-8-7-9-20(21)13-14-31(24)25(27(26)40(35,36)16-6-2)28(32)30-29-18-19-11-12-22(37-3)23(17-19)38-4/h7-14,17-18H,5-6,15-16H2,1-4H3,(H,30,32)/b29-18+. The minimum absolute atomic E-state index is 0.148. The number of pyridine rings is 1. The van der Waals surface area contributed by atoms with E-state index in [2.05, 4.69) is 10.5 Å². The molecule has 2 aromatic heterocycles. The number of ether oxygens (including phenoxy) is 2. The highest BCUT2D eigenvalue weighted by molar-refractivity contribution is 7.94. The van der Waals surface area contributed by atoms with Gasteiger partial charge in [0.1, 0.15) is 15.5 Å². The Kier molecular flexibility index (Phi) is 8.50. The molecule has 40 heavy (non-hydrogen) atoms. The second kappa shape index (κ2) is 11.7. The number of carbonyl (C=O) groups is 1. The number of methoxy groups -OCH3 is 2. The molecule has 212 valence electrons. The molecular weight excluding hydrogens is 554 g/mol. The van der Waals surface area contributed by atoms with Crippen molar-refractivity contribution in [2.24, 2.45) is 5.10 Å². The molecular formula is C28H31N3O7S2. The second-order valence-electron chi connectivity index (χ2n) is 9.08. The number of amides is 1. The Morgan fingerprint density at radius 1 is 0.900 bits per heavy atom. The molecule has 0 fully saturated rings. The van der Waals surface area contributed by atoms with Crippen molar-refractivity contribution >= 4 is 48.1 Å². The van der Waals surface area contributed by atoms with Crippen molar-refractivity contribution in [3.8, 4) is 11.5 Å². The summed E-state index contributed by atoms with van der Waals surface area (Å²) in [5.41, 5.74) is 2.80. The van der Waals surface area contributed by atoms with Crippen LogP contribution in [-0.2, 0) is 19.7 Å². The molecule has 0 bridgehead atoms. The predicted molar refractivity (Wildman–Crippen MR) is 154 cm³/mol. The average molecular weight is 586 g/mol. The van der Waals surface area contributed by atoms with Crippen molar-refractivity contribution in [2.45, 2.75) is 36.5 Å². The number of sulfone groups is 2. The van der Waals surface area contributed by atoms with Gasteiger partial charge in [-0.25, -0.2) is 22.3 Å². The van der Waals surface area contributed by atoms with E-state index in [1.807, 2.05) is 0 Å². The monoisotopic (exact) mass is 585 g/mol. The molecule has 0 unspecified atom stereocenters. The third-order valence-corrected chi connectivity index (χ3v) is 10.4. The molecule has 0 aliphatic heterocycles. The number of hydrazone groups is 1. The van der Waals surface area contributed by atoms with Crippen LogP contribution in [0.25, 0.3) is 16.3 Å². The van der Waals surface area contributed by atoms with Gasteiger partial charge in [-0.05, 0) is 48.1 Å². The Morgan fingerprint density at radius 2 is 1.55 bits per heavy atom. The van der Waals surface area contributed by atoms with Gasteiger partial charge in [-0.15, -0.1) is 0 Å². The van der Waals surface area contributed by atoms with Crippen LogP contribution in [0.1, 0.15) is 42.7 Å². The summed E-state index contributed by atoms with van der Waals surface area (Å²) in [7, 11) is -5.28. The van der Waals surface area contributed by atoms with Crippen molar-refractivity contribution < 1.29 is 31.1 Å². The van der Waals surface area contributed by atoms with E-state index in [4.69, 9.17) is 9.47 Å². The van der Waals surface area contributed by atoms with Crippen LogP contribution in [0.2, 0.25) is 0 Å². The van der Waals surface area contributed by atoms with E-state index in [0.29, 0.717) is 27.8 Å². The van der Waals surface area contributed by atoms with Gasteiger partial charge in [0.25, 0.3) is 5.91 Å². The molecule has 1 N–H and O–H groups in total. The molecule has 1 amide bonds. The predicted octanol–water partition coefficient (Wildman–Crippen LogP) is 4.24. The Labute approximate surface area is 233 Å². The van der Waals surface area contributed by atoms with Gasteiger partial charge in [0.15, 0.2) is 31.2 Å². The lowest BCUT2D eigenvalue weighted by Crippen LogP contribution is -2.23. The van der Waals surface area contributed by atoms with E-state index in [-0.39, 0.29) is 40.5 Å². The zero-order chi connectivity index (χ0) is 29.1. The Morgan fingerprint density at radius 3 is 2.20 bits per heavy atom. The van der Waals surface area contributed by atoms with Crippen molar-refractivity contribution in [1.29, 1.82) is 0 Å². The van der Waals surface area contributed by atoms with Crippen molar-refractivity contribution in [3.05, 3.63) is 66.0 Å². The molecule has 0 radical (unpaired) electrons.